The topological polar surface area (TPSA) is 52.6 Å². The second-order valence-corrected chi connectivity index (χ2v) is 8.14. The third-order valence-corrected chi connectivity index (χ3v) is 6.46. The zero-order chi connectivity index (χ0) is 21.3. The third-order valence-electron chi connectivity index (χ3n) is 6.46. The van der Waals surface area contributed by atoms with Crippen molar-refractivity contribution in [3.63, 3.8) is 0 Å². The minimum Gasteiger partial charge on any atom is -0.469 e. The van der Waals surface area contributed by atoms with Crippen LogP contribution in [0, 0.1) is 5.41 Å². The number of carbonyl (C=O) groups is 2. The van der Waals surface area contributed by atoms with Crippen LogP contribution < -0.4 is 4.74 Å². The fourth-order valence-corrected chi connectivity index (χ4v) is 4.85. The predicted molar refractivity (Wildman–Crippen MR) is 117 cm³/mol. The zero-order valence-electron chi connectivity index (χ0n) is 17.6. The van der Waals surface area contributed by atoms with E-state index in [1.807, 2.05) is 43.3 Å². The van der Waals surface area contributed by atoms with Crippen LogP contribution in [0.2, 0.25) is 0 Å². The number of hydrogen-bond donors (Lipinski definition) is 0. The van der Waals surface area contributed by atoms with E-state index in [1.165, 1.54) is 18.2 Å². The summed E-state index contributed by atoms with van der Waals surface area (Å²) in [4.78, 5) is 24.9. The van der Waals surface area contributed by atoms with E-state index in [-0.39, 0.29) is 17.9 Å². The number of benzene rings is 3. The van der Waals surface area contributed by atoms with Gasteiger partial charge in [-0.1, -0.05) is 43.3 Å². The summed E-state index contributed by atoms with van der Waals surface area (Å²) in [5, 5.41) is 2.18. The lowest BCUT2D eigenvalue weighted by Gasteiger charge is -2.40. The number of hydrogen-bond acceptors (Lipinski definition) is 4. The van der Waals surface area contributed by atoms with Crippen molar-refractivity contribution in [1.82, 2.24) is 0 Å². The summed E-state index contributed by atoms with van der Waals surface area (Å²) in [7, 11) is 1.47. The molecule has 0 saturated carbocycles. The predicted octanol–water partition coefficient (Wildman–Crippen LogP) is 5.68. The molecule has 4 rings (SSSR count). The fraction of sp³-hybridized carbons (Fsp3) is 0.308. The quantitative estimate of drug-likeness (QED) is 0.416. The summed E-state index contributed by atoms with van der Waals surface area (Å²) in [5.74, 6) is 0.142. The maximum absolute atomic E-state index is 12.5. The van der Waals surface area contributed by atoms with Crippen molar-refractivity contribution >= 4 is 22.7 Å². The summed E-state index contributed by atoms with van der Waals surface area (Å²) in [6, 6.07) is 18.9. The molecule has 154 valence electrons. The number of fused-ring (bicyclic) bond motifs is 3. The zero-order valence-corrected chi connectivity index (χ0v) is 17.6. The average Bonchev–Trinajstić information content (AvgIpc) is 2.78. The van der Waals surface area contributed by atoms with Crippen LogP contribution in [0.4, 0.5) is 0 Å². The summed E-state index contributed by atoms with van der Waals surface area (Å²) in [6.07, 6.45) is 2.45. The Labute approximate surface area is 176 Å². The van der Waals surface area contributed by atoms with Crippen molar-refractivity contribution in [2.45, 2.75) is 39.0 Å². The van der Waals surface area contributed by atoms with E-state index in [1.54, 1.807) is 12.1 Å². The molecule has 2 unspecified atom stereocenters. The molecule has 1 aliphatic carbocycles. The van der Waals surface area contributed by atoms with E-state index in [0.29, 0.717) is 11.3 Å². The third kappa shape index (κ3) is 3.36. The van der Waals surface area contributed by atoms with Gasteiger partial charge in [0.25, 0.3) is 0 Å². The highest BCUT2D eigenvalue weighted by Gasteiger charge is 2.45. The van der Waals surface area contributed by atoms with Crippen LogP contribution in [-0.2, 0) is 16.0 Å². The number of aryl methyl sites for hydroxylation is 1. The van der Waals surface area contributed by atoms with Crippen LogP contribution in [-0.4, -0.2) is 19.0 Å². The van der Waals surface area contributed by atoms with Crippen LogP contribution in [0.1, 0.15) is 54.1 Å². The van der Waals surface area contributed by atoms with Crippen LogP contribution >= 0.6 is 0 Å². The van der Waals surface area contributed by atoms with Crippen molar-refractivity contribution in [2.75, 3.05) is 7.11 Å². The van der Waals surface area contributed by atoms with Gasteiger partial charge in [-0.2, -0.15) is 0 Å². The van der Waals surface area contributed by atoms with E-state index in [2.05, 4.69) is 19.1 Å². The molecule has 1 aliphatic rings. The molecule has 3 aromatic carbocycles. The van der Waals surface area contributed by atoms with Gasteiger partial charge in [0.15, 0.2) is 0 Å². The van der Waals surface area contributed by atoms with Gasteiger partial charge in [-0.25, -0.2) is 4.79 Å². The molecule has 0 fully saturated rings. The van der Waals surface area contributed by atoms with E-state index < -0.39 is 5.41 Å². The van der Waals surface area contributed by atoms with Gasteiger partial charge < -0.3 is 9.47 Å². The van der Waals surface area contributed by atoms with Crippen molar-refractivity contribution in [1.29, 1.82) is 0 Å². The number of methoxy groups -OCH3 is 1. The first-order valence-corrected chi connectivity index (χ1v) is 10.4. The van der Waals surface area contributed by atoms with E-state index in [4.69, 9.17) is 9.47 Å². The van der Waals surface area contributed by atoms with Gasteiger partial charge in [-0.3, -0.25) is 4.79 Å². The lowest BCUT2D eigenvalue weighted by atomic mass is 9.63. The molecule has 30 heavy (non-hydrogen) atoms. The summed E-state index contributed by atoms with van der Waals surface area (Å²) < 4.78 is 10.7. The minimum atomic E-state index is -0.505. The van der Waals surface area contributed by atoms with Crippen LogP contribution in [0.5, 0.6) is 5.75 Å². The van der Waals surface area contributed by atoms with Crippen molar-refractivity contribution in [3.05, 3.63) is 77.4 Å². The highest BCUT2D eigenvalue weighted by atomic mass is 16.5. The molecule has 3 aromatic rings. The molecular formula is C26H26O4. The smallest absolute Gasteiger partial charge is 0.343 e. The Kier molecular flexibility index (Phi) is 5.33. The molecule has 0 saturated heterocycles. The van der Waals surface area contributed by atoms with Crippen molar-refractivity contribution < 1.29 is 19.1 Å². The van der Waals surface area contributed by atoms with Gasteiger partial charge in [0.1, 0.15) is 5.75 Å². The maximum Gasteiger partial charge on any atom is 0.343 e. The average molecular weight is 402 g/mol. The molecule has 4 heteroatoms. The standard InChI is InChI=1S/C26H26O4/c1-4-23-22-12-10-18-16-19(30-24(27)17-8-6-5-7-9-17)11-13-20(18)21(22)14-15-26(23,2)25(28)29-3/h5-13,16,23H,4,14-15H2,1-3H3. The Hall–Kier alpha value is -3.14. The molecule has 0 amide bonds. The monoisotopic (exact) mass is 402 g/mol. The molecule has 2 atom stereocenters. The first-order valence-electron chi connectivity index (χ1n) is 10.4. The molecule has 0 aromatic heterocycles. The Morgan fingerprint density at radius 3 is 2.53 bits per heavy atom. The largest absolute Gasteiger partial charge is 0.469 e. The van der Waals surface area contributed by atoms with E-state index in [9.17, 15) is 9.59 Å². The van der Waals surface area contributed by atoms with E-state index >= 15 is 0 Å². The minimum absolute atomic E-state index is 0.119. The Balaban J connectivity index is 1.68. The van der Waals surface area contributed by atoms with Crippen molar-refractivity contribution in [2.24, 2.45) is 5.41 Å². The molecular weight excluding hydrogens is 376 g/mol. The first kappa shape index (κ1) is 20.1. The Morgan fingerprint density at radius 1 is 1.07 bits per heavy atom. The van der Waals surface area contributed by atoms with Gasteiger partial charge in [0.05, 0.1) is 18.1 Å². The van der Waals surface area contributed by atoms with Gasteiger partial charge in [-0.15, -0.1) is 0 Å². The second kappa shape index (κ2) is 7.94. The number of carbonyl (C=O) groups excluding carboxylic acids is 2. The maximum atomic E-state index is 12.5. The number of ether oxygens (including phenoxy) is 2. The summed E-state index contributed by atoms with van der Waals surface area (Å²) in [6.45, 7) is 4.14. The molecule has 0 bridgehead atoms. The molecule has 0 aliphatic heterocycles. The SMILES string of the molecule is CCC1c2ccc3cc(OC(=O)c4ccccc4)ccc3c2CCC1(C)C(=O)OC. The molecule has 0 N–H and O–H groups in total. The molecule has 0 heterocycles. The first-order chi connectivity index (χ1) is 14.5. The highest BCUT2D eigenvalue weighted by Crippen LogP contribution is 2.49. The Morgan fingerprint density at radius 2 is 1.83 bits per heavy atom. The lowest BCUT2D eigenvalue weighted by Crippen LogP contribution is -2.39. The van der Waals surface area contributed by atoms with Gasteiger partial charge in [0, 0.05) is 0 Å². The number of rotatable bonds is 4. The Bertz CT molecular complexity index is 1100. The van der Waals surface area contributed by atoms with Gasteiger partial charge in [0.2, 0.25) is 0 Å². The molecule has 0 radical (unpaired) electrons. The van der Waals surface area contributed by atoms with Gasteiger partial charge in [-0.05, 0) is 78.3 Å². The molecule has 0 spiro atoms. The lowest BCUT2D eigenvalue weighted by molar-refractivity contribution is -0.154. The molecule has 4 nitrogen and oxygen atoms in total. The summed E-state index contributed by atoms with van der Waals surface area (Å²) in [5.41, 5.74) is 2.52. The van der Waals surface area contributed by atoms with Crippen LogP contribution in [0.3, 0.4) is 0 Å². The second-order valence-electron chi connectivity index (χ2n) is 8.14. The van der Waals surface area contributed by atoms with Crippen LogP contribution in [0.25, 0.3) is 10.8 Å². The van der Waals surface area contributed by atoms with Gasteiger partial charge >= 0.3 is 11.9 Å². The number of esters is 2. The summed E-state index contributed by atoms with van der Waals surface area (Å²) >= 11 is 0. The van der Waals surface area contributed by atoms with Crippen LogP contribution in [0.15, 0.2) is 60.7 Å². The normalized spacial score (nSPS) is 20.4. The van der Waals surface area contributed by atoms with Crippen molar-refractivity contribution in [3.8, 4) is 5.75 Å². The fourth-order valence-electron chi connectivity index (χ4n) is 4.85. The van der Waals surface area contributed by atoms with E-state index in [0.717, 1.165) is 30.0 Å². The highest BCUT2D eigenvalue weighted by molar-refractivity contribution is 5.93.